The van der Waals surface area contributed by atoms with Gasteiger partial charge < -0.3 is 14.6 Å². The van der Waals surface area contributed by atoms with Gasteiger partial charge >= 0.3 is 5.97 Å². The second-order valence-electron chi connectivity index (χ2n) is 4.18. The molecule has 0 aliphatic carbocycles. The van der Waals surface area contributed by atoms with Crippen molar-refractivity contribution in [3.05, 3.63) is 22.4 Å². The van der Waals surface area contributed by atoms with Gasteiger partial charge in [0.1, 0.15) is 11.7 Å². The van der Waals surface area contributed by atoms with Crippen LogP contribution in [0.2, 0.25) is 0 Å². The molecule has 0 bridgehead atoms. The molecule has 0 aromatic carbocycles. The fraction of sp³-hybridized carbons (Fsp3) is 0.538. The molecule has 6 heteroatoms. The topological polar surface area (TPSA) is 60.3 Å². The Morgan fingerprint density at radius 1 is 1.47 bits per heavy atom. The van der Waals surface area contributed by atoms with Crippen molar-refractivity contribution in [3.8, 4) is 0 Å². The Morgan fingerprint density at radius 3 is 2.74 bits per heavy atom. The number of rotatable bonds is 6. The van der Waals surface area contributed by atoms with Crippen LogP contribution in [-0.4, -0.2) is 29.1 Å². The van der Waals surface area contributed by atoms with Crippen LogP contribution in [0.4, 0.5) is 0 Å². The van der Waals surface area contributed by atoms with E-state index in [2.05, 4.69) is 21.2 Å². The number of ether oxygens (including phenoxy) is 1. The lowest BCUT2D eigenvalue weighted by Gasteiger charge is -2.13. The third-order valence-corrected chi connectivity index (χ3v) is 2.98. The Kier molecular flexibility index (Phi) is 6.08. The number of nitrogens with one attached hydrogen (secondary N) is 1. The number of nitrogens with zero attached hydrogens (tertiary/aromatic N) is 1. The summed E-state index contributed by atoms with van der Waals surface area (Å²) in [6.45, 7) is 6.43. The van der Waals surface area contributed by atoms with Gasteiger partial charge in [0.15, 0.2) is 0 Å². The van der Waals surface area contributed by atoms with Gasteiger partial charge in [-0.05, 0) is 42.3 Å². The summed E-state index contributed by atoms with van der Waals surface area (Å²) in [5, 5.41) is 2.64. The third-order valence-electron chi connectivity index (χ3n) is 2.55. The number of hydrogen-bond donors (Lipinski definition) is 1. The Labute approximate surface area is 121 Å². The summed E-state index contributed by atoms with van der Waals surface area (Å²) in [5.41, 5.74) is 0.532. The van der Waals surface area contributed by atoms with Crippen molar-refractivity contribution in [1.29, 1.82) is 0 Å². The zero-order valence-electron chi connectivity index (χ0n) is 11.4. The van der Waals surface area contributed by atoms with Crippen LogP contribution < -0.4 is 5.32 Å². The van der Waals surface area contributed by atoms with E-state index in [-0.39, 0.29) is 5.91 Å². The summed E-state index contributed by atoms with van der Waals surface area (Å²) in [5.74, 6) is -0.705. The molecule has 1 N–H and O–H groups in total. The van der Waals surface area contributed by atoms with Gasteiger partial charge in [-0.3, -0.25) is 4.79 Å². The predicted molar refractivity (Wildman–Crippen MR) is 76.0 cm³/mol. The van der Waals surface area contributed by atoms with Crippen molar-refractivity contribution in [2.24, 2.45) is 0 Å². The minimum Gasteiger partial charge on any atom is -0.464 e. The average molecular weight is 331 g/mol. The van der Waals surface area contributed by atoms with E-state index in [0.717, 1.165) is 17.4 Å². The van der Waals surface area contributed by atoms with E-state index in [9.17, 15) is 9.59 Å². The largest absolute Gasteiger partial charge is 0.464 e. The highest BCUT2D eigenvalue weighted by atomic mass is 79.9. The first kappa shape index (κ1) is 15.8. The molecule has 1 atom stereocenters. The fourth-order valence-electron chi connectivity index (χ4n) is 1.69. The van der Waals surface area contributed by atoms with Gasteiger partial charge in [0, 0.05) is 17.2 Å². The maximum absolute atomic E-state index is 12.1. The molecule has 0 saturated carbocycles. The molecular weight excluding hydrogens is 312 g/mol. The highest BCUT2D eigenvalue weighted by Crippen LogP contribution is 2.15. The van der Waals surface area contributed by atoms with Crippen LogP contribution in [0.25, 0.3) is 0 Å². The van der Waals surface area contributed by atoms with Crippen LogP contribution >= 0.6 is 15.9 Å². The van der Waals surface area contributed by atoms with Gasteiger partial charge in [-0.15, -0.1) is 0 Å². The van der Waals surface area contributed by atoms with Crippen molar-refractivity contribution in [1.82, 2.24) is 9.88 Å². The minimum atomic E-state index is -0.656. The molecule has 5 nitrogen and oxygen atoms in total. The third kappa shape index (κ3) is 4.38. The van der Waals surface area contributed by atoms with Crippen molar-refractivity contribution in [2.45, 2.75) is 39.8 Å². The molecular formula is C13H19BrN2O3. The molecule has 0 spiro atoms. The second-order valence-corrected chi connectivity index (χ2v) is 5.10. The van der Waals surface area contributed by atoms with E-state index in [0.29, 0.717) is 12.3 Å². The van der Waals surface area contributed by atoms with Crippen LogP contribution in [0.15, 0.2) is 16.7 Å². The zero-order valence-corrected chi connectivity index (χ0v) is 13.0. The zero-order chi connectivity index (χ0) is 14.4. The van der Waals surface area contributed by atoms with E-state index in [4.69, 9.17) is 4.74 Å². The number of amides is 1. The Bertz CT molecular complexity index is 457. The maximum Gasteiger partial charge on any atom is 0.328 e. The van der Waals surface area contributed by atoms with E-state index >= 15 is 0 Å². The molecule has 1 amide bonds. The lowest BCUT2D eigenvalue weighted by molar-refractivity contribution is -0.144. The molecule has 0 radical (unpaired) electrons. The first-order valence-corrected chi connectivity index (χ1v) is 7.12. The molecule has 106 valence electrons. The second kappa shape index (κ2) is 7.33. The normalized spacial score (nSPS) is 12.0. The fourth-order valence-corrected chi connectivity index (χ4v) is 2.15. The summed E-state index contributed by atoms with van der Waals surface area (Å²) in [6.07, 6.45) is 2.78. The van der Waals surface area contributed by atoms with Gasteiger partial charge in [-0.25, -0.2) is 4.79 Å². The molecule has 0 saturated heterocycles. The molecule has 0 aliphatic heterocycles. The number of aryl methyl sites for hydroxylation is 1. The van der Waals surface area contributed by atoms with Crippen molar-refractivity contribution < 1.29 is 14.3 Å². The lowest BCUT2D eigenvalue weighted by atomic mass is 10.3. The maximum atomic E-state index is 12.1. The smallest absolute Gasteiger partial charge is 0.328 e. The minimum absolute atomic E-state index is 0.278. The first-order chi connectivity index (χ1) is 8.99. The Hall–Kier alpha value is -1.30. The number of carbonyl (C=O) groups is 2. The number of hydrogen-bond acceptors (Lipinski definition) is 3. The highest BCUT2D eigenvalue weighted by molar-refractivity contribution is 9.10. The molecule has 1 aromatic heterocycles. The number of halogens is 1. The molecule has 1 aromatic rings. The monoisotopic (exact) mass is 330 g/mol. The summed E-state index contributed by atoms with van der Waals surface area (Å²) in [7, 11) is 0. The molecule has 0 aliphatic rings. The van der Waals surface area contributed by atoms with Crippen molar-refractivity contribution in [2.75, 3.05) is 6.61 Å². The summed E-state index contributed by atoms with van der Waals surface area (Å²) < 4.78 is 7.55. The number of carbonyl (C=O) groups excluding carboxylic acids is 2. The van der Waals surface area contributed by atoms with Crippen molar-refractivity contribution >= 4 is 27.8 Å². The van der Waals surface area contributed by atoms with Crippen LogP contribution in [-0.2, 0) is 16.1 Å². The van der Waals surface area contributed by atoms with Gasteiger partial charge in [0.2, 0.25) is 0 Å². The Balaban J connectivity index is 2.75. The van der Waals surface area contributed by atoms with Crippen LogP contribution in [0, 0.1) is 0 Å². The van der Waals surface area contributed by atoms with E-state index in [1.807, 2.05) is 17.7 Å². The van der Waals surface area contributed by atoms with Crippen LogP contribution in [0.1, 0.15) is 37.7 Å². The quantitative estimate of drug-likeness (QED) is 0.814. The predicted octanol–water partition coefficient (Wildman–Crippen LogP) is 2.34. The lowest BCUT2D eigenvalue weighted by Crippen LogP contribution is -2.40. The van der Waals surface area contributed by atoms with Crippen LogP contribution in [0.5, 0.6) is 0 Å². The summed E-state index contributed by atoms with van der Waals surface area (Å²) in [4.78, 5) is 23.6. The van der Waals surface area contributed by atoms with E-state index in [1.54, 1.807) is 19.9 Å². The van der Waals surface area contributed by atoms with Crippen molar-refractivity contribution in [3.63, 3.8) is 0 Å². The van der Waals surface area contributed by atoms with E-state index in [1.165, 1.54) is 0 Å². The van der Waals surface area contributed by atoms with Gasteiger partial charge in [0.05, 0.1) is 6.61 Å². The molecule has 1 rings (SSSR count). The molecule has 19 heavy (non-hydrogen) atoms. The highest BCUT2D eigenvalue weighted by Gasteiger charge is 2.19. The first-order valence-electron chi connectivity index (χ1n) is 6.32. The van der Waals surface area contributed by atoms with Gasteiger partial charge in [-0.1, -0.05) is 6.92 Å². The Morgan fingerprint density at radius 2 is 2.16 bits per heavy atom. The van der Waals surface area contributed by atoms with Gasteiger partial charge in [0.25, 0.3) is 5.91 Å². The summed E-state index contributed by atoms with van der Waals surface area (Å²) in [6, 6.07) is 1.08. The molecule has 1 unspecified atom stereocenters. The standard InChI is InChI=1S/C13H19BrN2O3/c1-4-6-16-8-10(14)7-11(16)12(17)15-9(3)13(18)19-5-2/h7-9H,4-6H2,1-3H3,(H,15,17). The van der Waals surface area contributed by atoms with E-state index < -0.39 is 12.0 Å². The SMILES string of the molecule is CCCn1cc(Br)cc1C(=O)NC(C)C(=O)OCC. The van der Waals surface area contributed by atoms with Crippen LogP contribution in [0.3, 0.4) is 0 Å². The summed E-state index contributed by atoms with van der Waals surface area (Å²) >= 11 is 3.35. The molecule has 1 heterocycles. The number of aromatic nitrogens is 1. The van der Waals surface area contributed by atoms with Gasteiger partial charge in [-0.2, -0.15) is 0 Å². The average Bonchev–Trinajstić information content (AvgIpc) is 2.71. The number of esters is 1. The molecule has 0 fully saturated rings.